The summed E-state index contributed by atoms with van der Waals surface area (Å²) in [6.45, 7) is 3.78. The number of amides is 2. The van der Waals surface area contributed by atoms with Gasteiger partial charge in [-0.15, -0.1) is 6.58 Å². The SMILES string of the molecule is C=CCN1C(=O)S/C(=C/c2ccccc2Br)C1=O. The molecule has 0 unspecified atom stereocenters. The summed E-state index contributed by atoms with van der Waals surface area (Å²) < 4.78 is 0.889. The van der Waals surface area contributed by atoms with Crippen molar-refractivity contribution in [1.82, 2.24) is 4.90 Å². The Kier molecular flexibility index (Phi) is 4.04. The molecule has 0 atom stereocenters. The maximum Gasteiger partial charge on any atom is 0.293 e. The molecular formula is C13H10BrNO2S. The van der Waals surface area contributed by atoms with Gasteiger partial charge in [0.15, 0.2) is 0 Å². The van der Waals surface area contributed by atoms with Crippen molar-refractivity contribution in [2.45, 2.75) is 0 Å². The fraction of sp³-hybridized carbons (Fsp3) is 0.0769. The van der Waals surface area contributed by atoms with Gasteiger partial charge in [-0.1, -0.05) is 40.2 Å². The summed E-state index contributed by atoms with van der Waals surface area (Å²) in [5.74, 6) is -0.263. The molecule has 3 nitrogen and oxygen atoms in total. The molecule has 1 aromatic carbocycles. The number of carbonyl (C=O) groups is 2. The second-order valence-electron chi connectivity index (χ2n) is 3.60. The first-order valence-electron chi connectivity index (χ1n) is 5.24. The second-order valence-corrected chi connectivity index (χ2v) is 5.45. The van der Waals surface area contributed by atoms with E-state index in [2.05, 4.69) is 22.5 Å². The first-order valence-corrected chi connectivity index (χ1v) is 6.85. The normalized spacial score (nSPS) is 17.6. The summed E-state index contributed by atoms with van der Waals surface area (Å²) in [4.78, 5) is 25.2. The summed E-state index contributed by atoms with van der Waals surface area (Å²) in [6, 6.07) is 7.54. The van der Waals surface area contributed by atoms with Crippen molar-refractivity contribution in [2.75, 3.05) is 6.54 Å². The van der Waals surface area contributed by atoms with E-state index in [1.165, 1.54) is 11.0 Å². The minimum absolute atomic E-state index is 0.248. The largest absolute Gasteiger partial charge is 0.293 e. The van der Waals surface area contributed by atoms with Gasteiger partial charge >= 0.3 is 0 Å². The second kappa shape index (κ2) is 5.54. The van der Waals surface area contributed by atoms with Crippen LogP contribution in [0.25, 0.3) is 6.08 Å². The summed E-state index contributed by atoms with van der Waals surface area (Å²) in [6.07, 6.45) is 3.26. The van der Waals surface area contributed by atoms with Gasteiger partial charge in [-0.3, -0.25) is 14.5 Å². The fourth-order valence-electron chi connectivity index (χ4n) is 1.52. The van der Waals surface area contributed by atoms with Crippen molar-refractivity contribution in [2.24, 2.45) is 0 Å². The van der Waals surface area contributed by atoms with E-state index >= 15 is 0 Å². The van der Waals surface area contributed by atoms with Crippen LogP contribution in [0.15, 0.2) is 46.3 Å². The van der Waals surface area contributed by atoms with Crippen LogP contribution in [0.3, 0.4) is 0 Å². The molecule has 0 spiro atoms. The van der Waals surface area contributed by atoms with Crippen LogP contribution in [-0.2, 0) is 4.79 Å². The Morgan fingerprint density at radius 2 is 2.06 bits per heavy atom. The number of thioether (sulfide) groups is 1. The molecule has 92 valence electrons. The van der Waals surface area contributed by atoms with Crippen LogP contribution >= 0.6 is 27.7 Å². The highest BCUT2D eigenvalue weighted by atomic mass is 79.9. The zero-order chi connectivity index (χ0) is 13.1. The lowest BCUT2D eigenvalue weighted by molar-refractivity contribution is -0.122. The summed E-state index contributed by atoms with van der Waals surface area (Å²) in [5, 5.41) is -0.252. The van der Waals surface area contributed by atoms with Crippen LogP contribution in [0.1, 0.15) is 5.56 Å². The highest BCUT2D eigenvalue weighted by Gasteiger charge is 2.34. The zero-order valence-electron chi connectivity index (χ0n) is 9.43. The monoisotopic (exact) mass is 323 g/mol. The van der Waals surface area contributed by atoms with Crippen LogP contribution in [-0.4, -0.2) is 22.6 Å². The molecule has 0 aromatic heterocycles. The predicted octanol–water partition coefficient (Wildman–Crippen LogP) is 3.67. The van der Waals surface area contributed by atoms with Crippen LogP contribution < -0.4 is 0 Å². The molecule has 1 aliphatic heterocycles. The van der Waals surface area contributed by atoms with E-state index in [-0.39, 0.29) is 17.7 Å². The number of carbonyl (C=O) groups excluding carboxylic acids is 2. The number of hydrogen-bond donors (Lipinski definition) is 0. The molecule has 1 aromatic rings. The molecular weight excluding hydrogens is 314 g/mol. The fourth-order valence-corrected chi connectivity index (χ4v) is 2.76. The molecule has 0 radical (unpaired) electrons. The van der Waals surface area contributed by atoms with Gasteiger partial charge in [0.05, 0.1) is 4.91 Å². The molecule has 0 bridgehead atoms. The van der Waals surface area contributed by atoms with E-state index in [9.17, 15) is 9.59 Å². The summed E-state index contributed by atoms with van der Waals surface area (Å²) >= 11 is 4.36. The smallest absolute Gasteiger partial charge is 0.268 e. The molecule has 5 heteroatoms. The van der Waals surface area contributed by atoms with Crippen molar-refractivity contribution < 1.29 is 9.59 Å². The van der Waals surface area contributed by atoms with E-state index in [1.54, 1.807) is 6.08 Å². The van der Waals surface area contributed by atoms with E-state index in [0.717, 1.165) is 21.8 Å². The van der Waals surface area contributed by atoms with E-state index in [0.29, 0.717) is 4.91 Å². The van der Waals surface area contributed by atoms with Gasteiger partial charge in [0.1, 0.15) is 0 Å². The van der Waals surface area contributed by atoms with Crippen LogP contribution in [0.2, 0.25) is 0 Å². The Morgan fingerprint density at radius 1 is 1.33 bits per heavy atom. The number of imide groups is 1. The lowest BCUT2D eigenvalue weighted by atomic mass is 10.2. The lowest BCUT2D eigenvalue weighted by Crippen LogP contribution is -2.27. The predicted molar refractivity (Wildman–Crippen MR) is 77.0 cm³/mol. The molecule has 1 fully saturated rings. The Hall–Kier alpha value is -1.33. The Balaban J connectivity index is 2.31. The van der Waals surface area contributed by atoms with E-state index in [4.69, 9.17) is 0 Å². The average molecular weight is 324 g/mol. The van der Waals surface area contributed by atoms with Gasteiger partial charge in [0, 0.05) is 11.0 Å². The number of nitrogens with zero attached hydrogens (tertiary/aromatic N) is 1. The van der Waals surface area contributed by atoms with Gasteiger partial charge < -0.3 is 0 Å². The first-order chi connectivity index (χ1) is 8.63. The molecule has 2 rings (SSSR count). The Bertz CT molecular complexity index is 554. The van der Waals surface area contributed by atoms with Crippen molar-refractivity contribution in [3.8, 4) is 0 Å². The van der Waals surface area contributed by atoms with E-state index < -0.39 is 0 Å². The highest BCUT2D eigenvalue weighted by Crippen LogP contribution is 2.33. The standard InChI is InChI=1S/C13H10BrNO2S/c1-2-7-15-12(16)11(18-13(15)17)8-9-5-3-4-6-10(9)14/h2-6,8H,1,7H2/b11-8+. The zero-order valence-corrected chi connectivity index (χ0v) is 11.8. The van der Waals surface area contributed by atoms with Crippen molar-refractivity contribution in [3.05, 3.63) is 51.9 Å². The molecule has 2 amide bonds. The maximum absolute atomic E-state index is 12.0. The van der Waals surface area contributed by atoms with Crippen molar-refractivity contribution >= 4 is 44.9 Å². The molecule has 1 heterocycles. The van der Waals surface area contributed by atoms with Crippen molar-refractivity contribution in [1.29, 1.82) is 0 Å². The molecule has 1 aliphatic rings. The molecule has 0 saturated carbocycles. The topological polar surface area (TPSA) is 37.4 Å². The summed E-state index contributed by atoms with van der Waals surface area (Å²) in [5.41, 5.74) is 0.876. The Morgan fingerprint density at radius 3 is 2.72 bits per heavy atom. The first kappa shape index (κ1) is 13.1. The van der Waals surface area contributed by atoms with Crippen LogP contribution in [0, 0.1) is 0 Å². The minimum atomic E-state index is -0.263. The third kappa shape index (κ3) is 2.57. The quantitative estimate of drug-likeness (QED) is 0.629. The van der Waals surface area contributed by atoms with Gasteiger partial charge in [0.25, 0.3) is 11.1 Å². The number of hydrogen-bond acceptors (Lipinski definition) is 3. The third-order valence-electron chi connectivity index (χ3n) is 2.38. The highest BCUT2D eigenvalue weighted by molar-refractivity contribution is 9.10. The lowest BCUT2D eigenvalue weighted by Gasteiger charge is -2.07. The van der Waals surface area contributed by atoms with Crippen LogP contribution in [0.4, 0.5) is 4.79 Å². The Labute approximate surface area is 118 Å². The van der Waals surface area contributed by atoms with Gasteiger partial charge in [-0.25, -0.2) is 0 Å². The number of benzene rings is 1. The summed E-state index contributed by atoms with van der Waals surface area (Å²) in [7, 11) is 0. The molecule has 18 heavy (non-hydrogen) atoms. The maximum atomic E-state index is 12.0. The molecule has 0 N–H and O–H groups in total. The van der Waals surface area contributed by atoms with E-state index in [1.807, 2.05) is 24.3 Å². The number of rotatable bonds is 3. The van der Waals surface area contributed by atoms with Crippen molar-refractivity contribution in [3.63, 3.8) is 0 Å². The van der Waals surface area contributed by atoms with Gasteiger partial charge in [-0.2, -0.15) is 0 Å². The molecule has 1 saturated heterocycles. The van der Waals surface area contributed by atoms with Gasteiger partial charge in [0.2, 0.25) is 0 Å². The van der Waals surface area contributed by atoms with Crippen LogP contribution in [0.5, 0.6) is 0 Å². The van der Waals surface area contributed by atoms with Gasteiger partial charge in [-0.05, 0) is 29.5 Å². The minimum Gasteiger partial charge on any atom is -0.268 e. The third-order valence-corrected chi connectivity index (χ3v) is 4.01. The average Bonchev–Trinajstić information content (AvgIpc) is 2.60. The number of halogens is 1. The molecule has 0 aliphatic carbocycles.